The Bertz CT molecular complexity index is 575. The second-order valence-electron chi connectivity index (χ2n) is 5.35. The van der Waals surface area contributed by atoms with Crippen LogP contribution in [0.25, 0.3) is 0 Å². The van der Waals surface area contributed by atoms with Gasteiger partial charge in [-0.3, -0.25) is 0 Å². The molecule has 0 fully saturated rings. The summed E-state index contributed by atoms with van der Waals surface area (Å²) in [6.45, 7) is 7.29. The number of hydrogen-bond donors (Lipinski definition) is 1. The molecule has 0 saturated carbocycles. The van der Waals surface area contributed by atoms with Crippen LogP contribution in [-0.4, -0.2) is 4.98 Å². The maximum atomic E-state index is 5.94. The van der Waals surface area contributed by atoms with E-state index in [0.717, 1.165) is 31.5 Å². The number of thiazole rings is 1. The van der Waals surface area contributed by atoms with Crippen molar-refractivity contribution in [2.24, 2.45) is 0 Å². The molecule has 0 radical (unpaired) electrons. The first-order valence-corrected chi connectivity index (χ1v) is 8.34. The molecule has 0 spiro atoms. The van der Waals surface area contributed by atoms with E-state index in [9.17, 15) is 0 Å². The fourth-order valence-electron chi connectivity index (χ4n) is 1.54. The highest BCUT2D eigenvalue weighted by Gasteiger charge is 2.17. The first-order chi connectivity index (χ1) is 8.86. The van der Waals surface area contributed by atoms with Crippen molar-refractivity contribution in [1.29, 1.82) is 0 Å². The van der Waals surface area contributed by atoms with Gasteiger partial charge >= 0.3 is 0 Å². The zero-order chi connectivity index (χ0) is 14.0. The largest absolute Gasteiger partial charge is 0.378 e. The van der Waals surface area contributed by atoms with Gasteiger partial charge in [-0.1, -0.05) is 32.4 Å². The number of anilines is 1. The Labute approximate surface area is 136 Å². The summed E-state index contributed by atoms with van der Waals surface area (Å²) in [5.41, 5.74) is 2.36. The van der Waals surface area contributed by atoms with Gasteiger partial charge in [0.2, 0.25) is 0 Å². The van der Waals surface area contributed by atoms with Crippen LogP contribution in [0.5, 0.6) is 0 Å². The van der Waals surface area contributed by atoms with Crippen molar-refractivity contribution in [2.75, 3.05) is 5.32 Å². The Morgan fingerprint density at radius 2 is 2.11 bits per heavy atom. The smallest absolute Gasteiger partial charge is 0.112 e. The van der Waals surface area contributed by atoms with Crippen LogP contribution in [0.4, 0.5) is 5.69 Å². The van der Waals surface area contributed by atoms with Gasteiger partial charge in [0.25, 0.3) is 0 Å². The second-order valence-corrected chi connectivity index (χ2v) is 7.90. The molecule has 0 atom stereocenters. The lowest BCUT2D eigenvalue weighted by Gasteiger charge is -2.14. The summed E-state index contributed by atoms with van der Waals surface area (Å²) in [5, 5.41) is 7.42. The summed E-state index contributed by atoms with van der Waals surface area (Å²) in [6.07, 6.45) is 0. The number of rotatable bonds is 3. The van der Waals surface area contributed by atoms with Gasteiger partial charge in [0.1, 0.15) is 5.01 Å². The summed E-state index contributed by atoms with van der Waals surface area (Å²) in [5.74, 6) is 0. The molecule has 1 aromatic carbocycles. The van der Waals surface area contributed by atoms with E-state index in [1.807, 2.05) is 18.2 Å². The SMILES string of the molecule is CC(C)(C)c1csc(CNc2ccc(Cl)cc2I)n1. The summed E-state index contributed by atoms with van der Waals surface area (Å²) in [4.78, 5) is 4.67. The highest BCUT2D eigenvalue weighted by atomic mass is 127. The summed E-state index contributed by atoms with van der Waals surface area (Å²) in [6, 6.07) is 5.85. The number of nitrogens with one attached hydrogen (secondary N) is 1. The van der Waals surface area contributed by atoms with Gasteiger partial charge in [0.05, 0.1) is 12.2 Å². The van der Waals surface area contributed by atoms with Crippen LogP contribution in [0, 0.1) is 3.57 Å². The van der Waals surface area contributed by atoms with Gasteiger partial charge in [-0.05, 0) is 40.8 Å². The van der Waals surface area contributed by atoms with Crippen LogP contribution >= 0.6 is 45.5 Å². The second kappa shape index (κ2) is 5.97. The third-order valence-corrected chi connectivity index (χ3v) is 4.66. The Morgan fingerprint density at radius 1 is 1.37 bits per heavy atom. The number of halogens is 2. The average Bonchev–Trinajstić information content (AvgIpc) is 2.76. The van der Waals surface area contributed by atoms with E-state index in [4.69, 9.17) is 11.6 Å². The fourth-order valence-corrected chi connectivity index (χ4v) is 3.56. The molecule has 0 amide bonds. The lowest BCUT2D eigenvalue weighted by Crippen LogP contribution is -2.12. The highest BCUT2D eigenvalue weighted by Crippen LogP contribution is 2.26. The van der Waals surface area contributed by atoms with E-state index in [1.165, 1.54) is 0 Å². The van der Waals surface area contributed by atoms with Crippen LogP contribution in [0.15, 0.2) is 23.6 Å². The van der Waals surface area contributed by atoms with Crippen molar-refractivity contribution in [2.45, 2.75) is 32.7 Å². The predicted molar refractivity (Wildman–Crippen MR) is 92.3 cm³/mol. The summed E-state index contributed by atoms with van der Waals surface area (Å²) in [7, 11) is 0. The third kappa shape index (κ3) is 4.07. The van der Waals surface area contributed by atoms with Crippen molar-refractivity contribution in [3.63, 3.8) is 0 Å². The minimum Gasteiger partial charge on any atom is -0.378 e. The zero-order valence-electron chi connectivity index (χ0n) is 11.1. The zero-order valence-corrected chi connectivity index (χ0v) is 14.9. The van der Waals surface area contributed by atoms with Gasteiger partial charge in [0, 0.05) is 25.1 Å². The molecule has 102 valence electrons. The van der Waals surface area contributed by atoms with Crippen LogP contribution in [0.3, 0.4) is 0 Å². The quantitative estimate of drug-likeness (QED) is 0.699. The van der Waals surface area contributed by atoms with E-state index in [0.29, 0.717) is 0 Å². The molecule has 1 aromatic heterocycles. The van der Waals surface area contributed by atoms with Crippen LogP contribution < -0.4 is 5.32 Å². The molecule has 0 aliphatic carbocycles. The molecule has 0 saturated heterocycles. The molecule has 0 bridgehead atoms. The Hall–Kier alpha value is -0.330. The van der Waals surface area contributed by atoms with Crippen molar-refractivity contribution >= 4 is 51.2 Å². The Morgan fingerprint density at radius 3 is 2.68 bits per heavy atom. The van der Waals surface area contributed by atoms with Gasteiger partial charge < -0.3 is 5.32 Å². The van der Waals surface area contributed by atoms with Crippen LogP contribution in [-0.2, 0) is 12.0 Å². The first kappa shape index (κ1) is 15.1. The molecular formula is C14H16ClIN2S. The molecule has 1 heterocycles. The van der Waals surface area contributed by atoms with E-state index in [-0.39, 0.29) is 5.41 Å². The average molecular weight is 407 g/mol. The summed E-state index contributed by atoms with van der Waals surface area (Å²) < 4.78 is 1.12. The lowest BCUT2D eigenvalue weighted by atomic mass is 9.93. The topological polar surface area (TPSA) is 24.9 Å². The number of nitrogens with zero attached hydrogens (tertiary/aromatic N) is 1. The molecule has 2 aromatic rings. The maximum Gasteiger partial charge on any atom is 0.112 e. The Balaban J connectivity index is 2.04. The molecule has 0 aliphatic heterocycles. The molecule has 0 unspecified atom stereocenters. The number of hydrogen-bond acceptors (Lipinski definition) is 3. The van der Waals surface area contributed by atoms with Gasteiger partial charge in [-0.25, -0.2) is 4.98 Å². The predicted octanol–water partition coefficient (Wildman–Crippen LogP) is 5.31. The number of benzene rings is 1. The maximum absolute atomic E-state index is 5.94. The van der Waals surface area contributed by atoms with Gasteiger partial charge in [0.15, 0.2) is 0 Å². The molecular weight excluding hydrogens is 391 g/mol. The monoisotopic (exact) mass is 406 g/mol. The van der Waals surface area contributed by atoms with Crippen molar-refractivity contribution in [3.05, 3.63) is 42.9 Å². The van der Waals surface area contributed by atoms with Gasteiger partial charge in [-0.2, -0.15) is 0 Å². The molecule has 2 rings (SSSR count). The number of aromatic nitrogens is 1. The molecule has 2 nitrogen and oxygen atoms in total. The molecule has 1 N–H and O–H groups in total. The molecule has 0 aliphatic rings. The van der Waals surface area contributed by atoms with Crippen LogP contribution in [0.2, 0.25) is 5.02 Å². The highest BCUT2D eigenvalue weighted by molar-refractivity contribution is 14.1. The minimum atomic E-state index is 0.115. The molecule has 19 heavy (non-hydrogen) atoms. The van der Waals surface area contributed by atoms with E-state index >= 15 is 0 Å². The standard InChI is InChI=1S/C14H16ClIN2S/c1-14(2,3)12-8-19-13(18-12)7-17-11-5-4-9(15)6-10(11)16/h4-6,8,17H,7H2,1-3H3. The van der Waals surface area contributed by atoms with Crippen molar-refractivity contribution in [3.8, 4) is 0 Å². The van der Waals surface area contributed by atoms with E-state index < -0.39 is 0 Å². The lowest BCUT2D eigenvalue weighted by molar-refractivity contribution is 0.571. The van der Waals surface area contributed by atoms with Crippen molar-refractivity contribution < 1.29 is 0 Å². The third-order valence-electron chi connectivity index (χ3n) is 2.68. The fraction of sp³-hybridized carbons (Fsp3) is 0.357. The first-order valence-electron chi connectivity index (χ1n) is 6.00. The summed E-state index contributed by atoms with van der Waals surface area (Å²) >= 11 is 9.93. The minimum absolute atomic E-state index is 0.115. The van der Waals surface area contributed by atoms with E-state index in [2.05, 4.69) is 59.0 Å². The van der Waals surface area contributed by atoms with Gasteiger partial charge in [-0.15, -0.1) is 11.3 Å². The van der Waals surface area contributed by atoms with E-state index in [1.54, 1.807) is 11.3 Å². The van der Waals surface area contributed by atoms with Crippen molar-refractivity contribution in [1.82, 2.24) is 4.98 Å². The Kier molecular flexibility index (Phi) is 4.74. The molecule has 5 heteroatoms. The van der Waals surface area contributed by atoms with Crippen LogP contribution in [0.1, 0.15) is 31.5 Å². The normalized spacial score (nSPS) is 11.6.